The molecule has 0 spiro atoms. The molecule has 2 atom stereocenters. The number of likely N-dealkylation sites (N-methyl/N-ethyl adjacent to an activating group) is 1. The Morgan fingerprint density at radius 3 is 1.51 bits per heavy atom. The number of ether oxygens (including phenoxy) is 3. The average molecular weight is 823 g/mol. The first kappa shape index (κ1) is 55.2. The number of unbranched alkanes of at least 4 members (excludes halogenated alkanes) is 11. The maximum atomic E-state index is 12.7. The molecule has 0 bridgehead atoms. The molecule has 0 radical (unpaired) electrons. The van der Waals surface area contributed by atoms with Crippen LogP contribution in [0.5, 0.6) is 0 Å². The SMILES string of the molecule is CC/C=C/C=C/C=C/CCCCCCCCCC(=O)OC(COCCC(C(=O)O)[N+](C)(C)C)COC(=O)CCCCCC/C=C/C/C=C/C/C=C/C/C=C/C/C=C/CC. The maximum Gasteiger partial charge on any atom is 0.362 e. The van der Waals surface area contributed by atoms with Crippen molar-refractivity contribution in [2.45, 2.75) is 167 Å². The van der Waals surface area contributed by atoms with Gasteiger partial charge >= 0.3 is 17.9 Å². The van der Waals surface area contributed by atoms with Gasteiger partial charge in [-0.3, -0.25) is 9.59 Å². The predicted octanol–water partition coefficient (Wildman–Crippen LogP) is 12.7. The van der Waals surface area contributed by atoms with Gasteiger partial charge in [0.05, 0.1) is 34.4 Å². The number of hydrogen-bond donors (Lipinski definition) is 1. The number of carbonyl (C=O) groups excluding carboxylic acids is 2. The van der Waals surface area contributed by atoms with Crippen molar-refractivity contribution < 1.29 is 38.2 Å². The van der Waals surface area contributed by atoms with E-state index >= 15 is 0 Å². The van der Waals surface area contributed by atoms with Gasteiger partial charge < -0.3 is 23.8 Å². The molecule has 0 aromatic heterocycles. The fourth-order valence-corrected chi connectivity index (χ4v) is 6.06. The molecule has 0 aromatic carbocycles. The molecule has 8 heteroatoms. The van der Waals surface area contributed by atoms with Crippen LogP contribution < -0.4 is 0 Å². The summed E-state index contributed by atoms with van der Waals surface area (Å²) in [6, 6.07) is -0.627. The first-order valence-electron chi connectivity index (χ1n) is 22.8. The smallest absolute Gasteiger partial charge is 0.362 e. The van der Waals surface area contributed by atoms with Gasteiger partial charge in [-0.25, -0.2) is 4.79 Å². The van der Waals surface area contributed by atoms with Crippen LogP contribution in [-0.2, 0) is 28.6 Å². The molecule has 0 aliphatic heterocycles. The lowest BCUT2D eigenvalue weighted by Crippen LogP contribution is -2.50. The normalized spacial score (nSPS) is 13.8. The highest BCUT2D eigenvalue weighted by atomic mass is 16.6. The molecule has 0 aliphatic rings. The highest BCUT2D eigenvalue weighted by molar-refractivity contribution is 5.72. The van der Waals surface area contributed by atoms with Gasteiger partial charge in [0.15, 0.2) is 12.1 Å². The van der Waals surface area contributed by atoms with Crippen LogP contribution >= 0.6 is 0 Å². The van der Waals surface area contributed by atoms with Gasteiger partial charge in [-0.2, -0.15) is 0 Å². The largest absolute Gasteiger partial charge is 0.477 e. The summed E-state index contributed by atoms with van der Waals surface area (Å²) in [5.74, 6) is -1.53. The Labute approximate surface area is 360 Å². The standard InChI is InChI=1S/C51H83NO7/c1-6-8-10-12-14-16-18-20-22-23-24-25-26-28-29-31-33-35-37-39-41-49(53)58-46-47(45-57-44-43-48(51(55)56)52(3,4)5)59-50(54)42-40-38-36-34-32-30-27-21-19-17-15-13-11-9-7-2/h8-11,13-17,19-20,22,24-25,28-29,47-48H,6-7,12,18,21,23,26-27,30-46H2,1-5H3/p+1/b10-8+,11-9+,15-13+,16-14+,19-17+,22-20+,25-24+,29-28+. The lowest BCUT2D eigenvalue weighted by Gasteiger charge is -2.31. The van der Waals surface area contributed by atoms with Gasteiger partial charge in [-0.05, 0) is 77.0 Å². The van der Waals surface area contributed by atoms with Crippen LogP contribution in [0.2, 0.25) is 0 Å². The summed E-state index contributed by atoms with van der Waals surface area (Å²) in [6.45, 7) is 4.43. The predicted molar refractivity (Wildman–Crippen MR) is 247 cm³/mol. The lowest BCUT2D eigenvalue weighted by atomic mass is 10.1. The van der Waals surface area contributed by atoms with E-state index in [9.17, 15) is 19.5 Å². The van der Waals surface area contributed by atoms with E-state index in [1.165, 1.54) is 19.3 Å². The van der Waals surface area contributed by atoms with E-state index in [-0.39, 0.29) is 36.2 Å². The minimum absolute atomic E-state index is 0.0414. The number of aliphatic carboxylic acids is 1. The van der Waals surface area contributed by atoms with Crippen LogP contribution in [0.1, 0.15) is 155 Å². The Balaban J connectivity index is 4.40. The van der Waals surface area contributed by atoms with Crippen LogP contribution in [0.25, 0.3) is 0 Å². The number of nitrogens with zero attached hydrogens (tertiary/aromatic N) is 1. The minimum Gasteiger partial charge on any atom is -0.477 e. The van der Waals surface area contributed by atoms with Gasteiger partial charge in [-0.15, -0.1) is 0 Å². The highest BCUT2D eigenvalue weighted by Crippen LogP contribution is 2.13. The summed E-state index contributed by atoms with van der Waals surface area (Å²) in [6.07, 6.45) is 54.5. The third-order valence-corrected chi connectivity index (χ3v) is 9.54. The van der Waals surface area contributed by atoms with E-state index in [1.807, 2.05) is 21.1 Å². The second-order valence-corrected chi connectivity index (χ2v) is 16.0. The van der Waals surface area contributed by atoms with Crippen molar-refractivity contribution in [2.75, 3.05) is 41.0 Å². The van der Waals surface area contributed by atoms with Crippen molar-refractivity contribution in [2.24, 2.45) is 0 Å². The first-order valence-corrected chi connectivity index (χ1v) is 22.8. The molecule has 0 saturated carbocycles. The summed E-state index contributed by atoms with van der Waals surface area (Å²) in [4.78, 5) is 37.0. The van der Waals surface area contributed by atoms with Gasteiger partial charge in [0.25, 0.3) is 0 Å². The maximum absolute atomic E-state index is 12.7. The fraction of sp³-hybridized carbons (Fsp3) is 0.627. The van der Waals surface area contributed by atoms with Gasteiger partial charge in [0.1, 0.15) is 6.61 Å². The Morgan fingerprint density at radius 1 is 0.525 bits per heavy atom. The summed E-state index contributed by atoms with van der Waals surface area (Å²) in [5.41, 5.74) is 0. The van der Waals surface area contributed by atoms with Crippen LogP contribution in [0.4, 0.5) is 0 Å². The van der Waals surface area contributed by atoms with Crippen molar-refractivity contribution in [1.82, 2.24) is 0 Å². The molecule has 8 nitrogen and oxygen atoms in total. The van der Waals surface area contributed by atoms with Crippen molar-refractivity contribution >= 4 is 17.9 Å². The van der Waals surface area contributed by atoms with Crippen molar-refractivity contribution in [3.8, 4) is 0 Å². The van der Waals surface area contributed by atoms with E-state index in [0.29, 0.717) is 19.3 Å². The van der Waals surface area contributed by atoms with Crippen LogP contribution in [0.3, 0.4) is 0 Å². The van der Waals surface area contributed by atoms with E-state index in [1.54, 1.807) is 0 Å². The summed E-state index contributed by atoms with van der Waals surface area (Å²) >= 11 is 0. The molecule has 0 heterocycles. The third-order valence-electron chi connectivity index (χ3n) is 9.54. The van der Waals surface area contributed by atoms with Crippen LogP contribution in [0, 0.1) is 0 Å². The quantitative estimate of drug-likeness (QED) is 0.0217. The number of hydrogen-bond acceptors (Lipinski definition) is 6. The molecule has 0 aromatic rings. The van der Waals surface area contributed by atoms with E-state index in [2.05, 4.69) is 111 Å². The fourth-order valence-electron chi connectivity index (χ4n) is 6.06. The van der Waals surface area contributed by atoms with Crippen LogP contribution in [0.15, 0.2) is 97.2 Å². The number of rotatable bonds is 39. The molecule has 0 saturated heterocycles. The van der Waals surface area contributed by atoms with Crippen molar-refractivity contribution in [1.29, 1.82) is 0 Å². The Hall–Kier alpha value is -3.75. The minimum atomic E-state index is -0.886. The zero-order chi connectivity index (χ0) is 43.5. The molecule has 2 unspecified atom stereocenters. The van der Waals surface area contributed by atoms with Crippen molar-refractivity contribution in [3.63, 3.8) is 0 Å². The van der Waals surface area contributed by atoms with Gasteiger partial charge in [0, 0.05) is 19.3 Å². The number of esters is 2. The first-order chi connectivity index (χ1) is 28.6. The number of carboxylic acid groups (broad SMARTS) is 1. The third kappa shape index (κ3) is 39.5. The molecule has 0 rings (SSSR count). The Kier molecular flexibility index (Phi) is 38.4. The van der Waals surface area contributed by atoms with E-state index < -0.39 is 18.1 Å². The molecule has 1 N–H and O–H groups in total. The second-order valence-electron chi connectivity index (χ2n) is 16.0. The van der Waals surface area contributed by atoms with Crippen LogP contribution in [-0.4, -0.2) is 80.6 Å². The topological polar surface area (TPSA) is 99.1 Å². The van der Waals surface area contributed by atoms with Gasteiger partial charge in [-0.1, -0.05) is 156 Å². The highest BCUT2D eigenvalue weighted by Gasteiger charge is 2.31. The Bertz CT molecular complexity index is 1280. The van der Waals surface area contributed by atoms with E-state index in [0.717, 1.165) is 103 Å². The van der Waals surface area contributed by atoms with Crippen molar-refractivity contribution in [3.05, 3.63) is 97.2 Å². The average Bonchev–Trinajstić information content (AvgIpc) is 3.19. The molecule has 0 aliphatic carbocycles. The molecule has 0 amide bonds. The molecular weight excluding hydrogens is 739 g/mol. The zero-order valence-corrected chi connectivity index (χ0v) is 37.9. The summed E-state index contributed by atoms with van der Waals surface area (Å²) in [7, 11) is 5.50. The second kappa shape index (κ2) is 41.0. The number of quaternary nitrogens is 1. The van der Waals surface area contributed by atoms with E-state index in [4.69, 9.17) is 14.2 Å². The lowest BCUT2D eigenvalue weighted by molar-refractivity contribution is -0.887. The Morgan fingerprint density at radius 2 is 0.983 bits per heavy atom. The number of carboxylic acids is 1. The molecule has 0 fully saturated rings. The van der Waals surface area contributed by atoms with Gasteiger partial charge in [0.2, 0.25) is 0 Å². The zero-order valence-electron chi connectivity index (χ0n) is 37.9. The monoisotopic (exact) mass is 823 g/mol. The molecule has 59 heavy (non-hydrogen) atoms. The number of carbonyl (C=O) groups is 3. The molecule has 334 valence electrons. The summed E-state index contributed by atoms with van der Waals surface area (Å²) in [5, 5.41) is 9.63. The molecular formula is C51H84NO7+. The number of allylic oxidation sites excluding steroid dienone is 16. The summed E-state index contributed by atoms with van der Waals surface area (Å²) < 4.78 is 17.3.